The molecule has 0 radical (unpaired) electrons. The number of halogens is 1. The summed E-state index contributed by atoms with van der Waals surface area (Å²) in [6, 6.07) is 0. The van der Waals surface area contributed by atoms with E-state index in [2.05, 4.69) is 0 Å². The van der Waals surface area contributed by atoms with Gasteiger partial charge in [-0.25, -0.2) is 0 Å². The highest BCUT2D eigenvalue weighted by atomic mass is 35.5. The highest BCUT2D eigenvalue weighted by Crippen LogP contribution is 2.39. The third-order valence-corrected chi connectivity index (χ3v) is 14.8. The first kappa shape index (κ1) is 64.5. The van der Waals surface area contributed by atoms with E-state index in [1.54, 1.807) is 0 Å². The van der Waals surface area contributed by atoms with E-state index in [0.29, 0.717) is 0 Å². The fourth-order valence-electron chi connectivity index (χ4n) is 10.5. The molecule has 21 fully saturated rings. The van der Waals surface area contributed by atoms with Crippen molar-refractivity contribution in [2.24, 2.45) is 5.73 Å². The molecule has 0 aromatic heterocycles. The van der Waals surface area contributed by atoms with Crippen molar-refractivity contribution in [1.82, 2.24) is 0 Å². The number of rotatable bonds is 7. The van der Waals surface area contributed by atoms with Crippen LogP contribution >= 0.6 is 12.4 Å². The number of hydrogen-bond acceptors (Lipinski definition) is 35. The molecule has 21 heterocycles. The Morgan fingerprint density at radius 2 is 0.333 bits per heavy atom. The van der Waals surface area contributed by atoms with Gasteiger partial charge in [0.25, 0.3) is 0 Å². The van der Waals surface area contributed by atoms with Crippen molar-refractivity contribution in [3.63, 3.8) is 0 Å². The maximum Gasteiger partial charge on any atom is 0.187 e. The van der Waals surface area contributed by atoms with Crippen LogP contribution in [0.5, 0.6) is 0 Å². The van der Waals surface area contributed by atoms with E-state index in [0.717, 1.165) is 0 Å². The Labute approximate surface area is 447 Å². The number of ether oxygens (including phenoxy) is 14. The molecular weight excluding hydrogens is 1100 g/mol. The maximum atomic E-state index is 11.4. The molecule has 78 heavy (non-hydrogen) atoms. The van der Waals surface area contributed by atoms with Crippen LogP contribution < -0.4 is 5.73 Å². The Balaban J connectivity index is 0.00000882. The van der Waals surface area contributed by atoms with Crippen molar-refractivity contribution in [2.75, 3.05) is 46.2 Å². The van der Waals surface area contributed by atoms with E-state index in [4.69, 9.17) is 72.0 Å². The summed E-state index contributed by atoms with van der Waals surface area (Å²) in [5, 5.41) is 220. The first-order valence-corrected chi connectivity index (χ1v) is 24.7. The molecule has 456 valence electrons. The summed E-state index contributed by atoms with van der Waals surface area (Å²) < 4.78 is 79.9. The standard InChI is InChI=1S/C42H71NO34.ClH/c43-1-8-29-15(50)22(57)36(64-8)72-30-9(2-44)66-38(24(59)17(30)52)74-32-11(4-46)68-40(26(61)19(32)54)76-34-13(6-48)70-42(28(63)21(34)56)77-35-14(7-49)69-41(27(62)20(35)55)75-33-12(5-47)67-39(25(60)18(33)53)73-31-10(3-45)65-37(71-29)23(58)16(31)51;/h8-42,44-63H,1-7,43H2;1H/t8-,9-,10-,11-,12-,13-,14-,15-,16-,17-,18-,19-,20-,21-,22-,23-,24-,25-,26-,27-,28-,29-,30-,31-,32-,33-,34-,35-,36?,37-,38-,39-,40-,41-,42-;/m1./s1. The third kappa shape index (κ3) is 12.5. The first-order valence-electron chi connectivity index (χ1n) is 24.7. The molecule has 0 saturated carbocycles. The molecule has 35 atom stereocenters. The van der Waals surface area contributed by atoms with Crippen LogP contribution in [-0.4, -0.2) is 363 Å². The van der Waals surface area contributed by atoms with Gasteiger partial charge in [-0.1, -0.05) is 0 Å². The van der Waals surface area contributed by atoms with Crippen LogP contribution in [0.2, 0.25) is 0 Å². The summed E-state index contributed by atoms with van der Waals surface area (Å²) in [6.45, 7) is -6.75. The first-order chi connectivity index (χ1) is 36.7. The van der Waals surface area contributed by atoms with Crippen LogP contribution in [0.3, 0.4) is 0 Å². The number of hydrogen-bond donors (Lipinski definition) is 21. The van der Waals surface area contributed by atoms with Crippen LogP contribution in [0.25, 0.3) is 0 Å². The fraction of sp³-hybridized carbons (Fsp3) is 1.00. The van der Waals surface area contributed by atoms with Gasteiger partial charge in [0.1, 0.15) is 171 Å². The smallest absolute Gasteiger partial charge is 0.187 e. The highest BCUT2D eigenvalue weighted by molar-refractivity contribution is 5.85. The van der Waals surface area contributed by atoms with Gasteiger partial charge in [0.15, 0.2) is 44.0 Å². The van der Waals surface area contributed by atoms with Gasteiger partial charge in [-0.15, -0.1) is 12.4 Å². The van der Waals surface area contributed by atoms with E-state index in [9.17, 15) is 102 Å². The second-order valence-electron chi connectivity index (χ2n) is 19.7. The minimum Gasteiger partial charge on any atom is -0.394 e. The number of aliphatic hydroxyl groups excluding tert-OH is 20. The predicted molar refractivity (Wildman–Crippen MR) is 238 cm³/mol. The van der Waals surface area contributed by atoms with Crippen molar-refractivity contribution in [2.45, 2.75) is 215 Å². The monoisotopic (exact) mass is 1170 g/mol. The lowest BCUT2D eigenvalue weighted by atomic mass is 9.95. The summed E-state index contributed by atoms with van der Waals surface area (Å²) in [5.41, 5.74) is 5.94. The fourth-order valence-corrected chi connectivity index (χ4v) is 10.5. The second-order valence-corrected chi connectivity index (χ2v) is 19.7. The third-order valence-electron chi connectivity index (χ3n) is 14.8. The van der Waals surface area contributed by atoms with Gasteiger partial charge < -0.3 is 174 Å². The van der Waals surface area contributed by atoms with Crippen LogP contribution in [0.4, 0.5) is 0 Å². The normalized spacial score (nSPS) is 54.7. The van der Waals surface area contributed by atoms with E-state index in [1.165, 1.54) is 0 Å². The van der Waals surface area contributed by atoms with E-state index in [-0.39, 0.29) is 12.4 Å². The predicted octanol–water partition coefficient (Wildman–Crippen LogP) is -14.8. The van der Waals surface area contributed by atoms with E-state index < -0.39 is 261 Å². The van der Waals surface area contributed by atoms with Gasteiger partial charge in [-0.05, 0) is 0 Å². The van der Waals surface area contributed by atoms with Crippen molar-refractivity contribution in [3.05, 3.63) is 0 Å². The van der Waals surface area contributed by atoms with Crippen LogP contribution in [0, 0.1) is 0 Å². The molecule has 0 amide bonds. The molecule has 22 N–H and O–H groups in total. The maximum absolute atomic E-state index is 11.4. The quantitative estimate of drug-likeness (QED) is 0.113. The van der Waals surface area contributed by atoms with E-state index in [1.807, 2.05) is 0 Å². The molecule has 14 bridgehead atoms. The molecule has 0 aromatic rings. The average molecular weight is 1170 g/mol. The van der Waals surface area contributed by atoms with Gasteiger partial charge in [-0.3, -0.25) is 0 Å². The Kier molecular flexibility index (Phi) is 22.5. The van der Waals surface area contributed by atoms with Gasteiger partial charge in [0.2, 0.25) is 0 Å². The summed E-state index contributed by atoms with van der Waals surface area (Å²) in [6.07, 6.45) is -69.2. The Morgan fingerprint density at radius 1 is 0.205 bits per heavy atom. The van der Waals surface area contributed by atoms with Crippen LogP contribution in [-0.2, 0) is 66.3 Å². The average Bonchev–Trinajstić information content (AvgIpc) is 3.42. The zero-order chi connectivity index (χ0) is 56.1. The van der Waals surface area contributed by atoms with E-state index >= 15 is 0 Å². The SMILES string of the molecule is Cl.NC[C@H]1OC2O[C@H]3[C@H](O)[C@@H](O)[C@@H](O[C@H]4[C@H](O)[C@@H](O)[C@@H](O[C@H]5[C@H](O)[C@@H](O)[C@@H](O[C@H]6[C@H](O)[C@@H](O)[C@@H](O[C@H]7[C@H](O)[C@@H](O)[C@@H](O[C@H]8[C@H](O)[C@@H](O)[C@@H](O[C@H]1[C@H](O)[C@H]2O)O[C@@H]8CO)O[C@@H]7CO)O[C@@H]6CO)O[C@@H]5CO)O[C@@H]4CO)O[C@@H]3CO. The van der Waals surface area contributed by atoms with Gasteiger partial charge in [0.05, 0.1) is 39.6 Å². The summed E-state index contributed by atoms with van der Waals surface area (Å²) in [7, 11) is 0. The largest absolute Gasteiger partial charge is 0.394 e. The second kappa shape index (κ2) is 27.3. The Morgan fingerprint density at radius 3 is 0.462 bits per heavy atom. The van der Waals surface area contributed by atoms with Gasteiger partial charge in [0, 0.05) is 6.54 Å². The molecule has 0 aliphatic carbocycles. The zero-order valence-electron chi connectivity index (χ0n) is 40.8. The van der Waals surface area contributed by atoms with Crippen LogP contribution in [0.1, 0.15) is 0 Å². The molecule has 36 heteroatoms. The highest BCUT2D eigenvalue weighted by Gasteiger charge is 2.59. The zero-order valence-corrected chi connectivity index (χ0v) is 41.6. The van der Waals surface area contributed by atoms with Crippen molar-refractivity contribution in [1.29, 1.82) is 0 Å². The number of aliphatic hydroxyl groups is 20. The topological polar surface area (TPSA) is 560 Å². The van der Waals surface area contributed by atoms with Gasteiger partial charge in [-0.2, -0.15) is 0 Å². The van der Waals surface area contributed by atoms with Crippen molar-refractivity contribution < 1.29 is 168 Å². The summed E-state index contributed by atoms with van der Waals surface area (Å²) >= 11 is 0. The Bertz CT molecular complexity index is 1480. The van der Waals surface area contributed by atoms with Gasteiger partial charge >= 0.3 is 0 Å². The number of nitrogens with two attached hydrogens (primary N) is 1. The molecule has 1 unspecified atom stereocenters. The molecule has 21 saturated heterocycles. The molecule has 21 aliphatic rings. The van der Waals surface area contributed by atoms with Crippen molar-refractivity contribution in [3.8, 4) is 0 Å². The minimum atomic E-state index is -2.20. The lowest BCUT2D eigenvalue weighted by Gasteiger charge is -2.50. The lowest BCUT2D eigenvalue weighted by molar-refractivity contribution is -0.396. The Hall–Kier alpha value is -1.11. The minimum absolute atomic E-state index is 0. The summed E-state index contributed by atoms with van der Waals surface area (Å²) in [5.74, 6) is 0. The molecule has 0 spiro atoms. The molecule has 35 nitrogen and oxygen atoms in total. The molecule has 21 aliphatic heterocycles. The lowest BCUT2D eigenvalue weighted by Crippen LogP contribution is -2.68. The molecule has 0 aromatic carbocycles. The molecular formula is C42H72ClNO34. The van der Waals surface area contributed by atoms with Crippen LogP contribution in [0.15, 0.2) is 0 Å². The molecule has 21 rings (SSSR count). The summed E-state index contributed by atoms with van der Waals surface area (Å²) in [4.78, 5) is 0. The van der Waals surface area contributed by atoms with Crippen molar-refractivity contribution >= 4 is 12.4 Å².